The maximum atomic E-state index is 12.9. The van der Waals surface area contributed by atoms with Gasteiger partial charge in [-0.3, -0.25) is 4.79 Å². The van der Waals surface area contributed by atoms with Gasteiger partial charge in [0.25, 0.3) is 5.91 Å². The average molecular weight is 484 g/mol. The Morgan fingerprint density at radius 2 is 1.77 bits per heavy atom. The Bertz CT molecular complexity index is 1200. The Hall–Kier alpha value is -3.53. The molecule has 3 heterocycles. The molecule has 1 amide bonds. The largest absolute Gasteiger partial charge is 0.492 e. The van der Waals surface area contributed by atoms with Crippen LogP contribution in [0.5, 0.6) is 17.4 Å². The summed E-state index contributed by atoms with van der Waals surface area (Å²) in [6, 6.07) is 5.70. The van der Waals surface area contributed by atoms with E-state index in [1.165, 1.54) is 0 Å². The Kier molecular flexibility index (Phi) is 7.60. The van der Waals surface area contributed by atoms with Crippen LogP contribution in [0, 0.1) is 13.8 Å². The molecule has 35 heavy (non-hydrogen) atoms. The third kappa shape index (κ3) is 5.43. The number of pyridine rings is 1. The summed E-state index contributed by atoms with van der Waals surface area (Å²) in [5.74, 6) is 1.31. The van der Waals surface area contributed by atoms with Gasteiger partial charge >= 0.3 is 0 Å². The molecule has 1 N–H and O–H groups in total. The Morgan fingerprint density at radius 3 is 2.49 bits per heavy atom. The predicted molar refractivity (Wildman–Crippen MR) is 134 cm³/mol. The van der Waals surface area contributed by atoms with Gasteiger partial charge < -0.3 is 29.2 Å². The number of aromatic nitrogens is 3. The van der Waals surface area contributed by atoms with E-state index < -0.39 is 0 Å². The number of nitrogens with one attached hydrogen (secondary N) is 1. The zero-order chi connectivity index (χ0) is 24.9. The van der Waals surface area contributed by atoms with Gasteiger partial charge in [0.1, 0.15) is 11.5 Å². The number of ether oxygens (including phenoxy) is 4. The highest BCUT2D eigenvalue weighted by Crippen LogP contribution is 2.39. The van der Waals surface area contributed by atoms with Gasteiger partial charge in [-0.2, -0.15) is 0 Å². The molecule has 0 atom stereocenters. The number of amides is 1. The minimum absolute atomic E-state index is 0.208. The molecule has 3 aromatic rings. The quantitative estimate of drug-likeness (QED) is 0.495. The number of aryl methyl sites for hydroxylation is 3. The van der Waals surface area contributed by atoms with E-state index in [1.54, 1.807) is 11.7 Å². The number of hydrogen-bond acceptors (Lipinski definition) is 8. The average Bonchev–Trinajstić information content (AvgIpc) is 3.15. The van der Waals surface area contributed by atoms with Crippen LogP contribution in [0.2, 0.25) is 0 Å². The number of carbonyl (C=O) groups excluding carboxylic acids is 1. The summed E-state index contributed by atoms with van der Waals surface area (Å²) in [7, 11) is 1.81. The lowest BCUT2D eigenvalue weighted by molar-refractivity contribution is -0.118. The van der Waals surface area contributed by atoms with Gasteiger partial charge in [0.2, 0.25) is 5.88 Å². The first-order chi connectivity index (χ1) is 16.9. The van der Waals surface area contributed by atoms with Crippen molar-refractivity contribution >= 4 is 28.3 Å². The third-order valence-corrected chi connectivity index (χ3v) is 5.71. The zero-order valence-corrected chi connectivity index (χ0v) is 21.0. The van der Waals surface area contributed by atoms with Gasteiger partial charge in [-0.1, -0.05) is 0 Å². The van der Waals surface area contributed by atoms with Crippen LogP contribution in [0.3, 0.4) is 0 Å². The predicted octanol–water partition coefficient (Wildman–Crippen LogP) is 3.24. The topological polar surface area (TPSA) is 100.0 Å². The van der Waals surface area contributed by atoms with Crippen LogP contribution < -0.4 is 24.4 Å². The van der Waals surface area contributed by atoms with Crippen LogP contribution in [0.4, 0.5) is 11.4 Å². The fourth-order valence-corrected chi connectivity index (χ4v) is 4.21. The number of hydrogen-bond donors (Lipinski definition) is 1. The lowest BCUT2D eigenvalue weighted by Gasteiger charge is -2.31. The molecule has 0 spiro atoms. The first kappa shape index (κ1) is 24.6. The van der Waals surface area contributed by atoms with E-state index >= 15 is 0 Å². The molecule has 0 aliphatic carbocycles. The van der Waals surface area contributed by atoms with Crippen LogP contribution in [0.25, 0.3) is 11.0 Å². The van der Waals surface area contributed by atoms with Crippen molar-refractivity contribution < 1.29 is 23.7 Å². The maximum absolute atomic E-state index is 12.9. The van der Waals surface area contributed by atoms with E-state index in [0.717, 1.165) is 41.1 Å². The van der Waals surface area contributed by atoms with E-state index in [4.69, 9.17) is 18.9 Å². The second kappa shape index (κ2) is 10.8. The smallest absolute Gasteiger partial charge is 0.262 e. The van der Waals surface area contributed by atoms with Gasteiger partial charge in [0.05, 0.1) is 43.2 Å². The van der Waals surface area contributed by atoms with Crippen LogP contribution >= 0.6 is 0 Å². The van der Waals surface area contributed by atoms with Crippen molar-refractivity contribution in [1.29, 1.82) is 0 Å². The summed E-state index contributed by atoms with van der Waals surface area (Å²) < 4.78 is 24.7. The third-order valence-electron chi connectivity index (χ3n) is 5.71. The van der Waals surface area contributed by atoms with E-state index in [-0.39, 0.29) is 12.5 Å². The van der Waals surface area contributed by atoms with Crippen molar-refractivity contribution in [2.24, 2.45) is 7.05 Å². The molecule has 1 aromatic carbocycles. The minimum atomic E-state index is -0.330. The standard InChI is InChI=1S/C25H33N5O5/c1-6-33-20-14-19(30-8-10-32-11-9-30)21(34-7-2)13-18(20)27-22(31)15-35-25-23-16(3)12-17(4)26-24(23)29(5)28-25/h12-14H,6-11,15H2,1-5H3,(H,27,31). The van der Waals surface area contributed by atoms with Crippen molar-refractivity contribution in [3.63, 3.8) is 0 Å². The number of carbonyl (C=O) groups is 1. The molecule has 1 aliphatic rings. The van der Waals surface area contributed by atoms with Crippen molar-refractivity contribution in [3.05, 3.63) is 29.5 Å². The van der Waals surface area contributed by atoms with Gasteiger partial charge in [-0.25, -0.2) is 9.67 Å². The fourth-order valence-electron chi connectivity index (χ4n) is 4.21. The Balaban J connectivity index is 1.54. The first-order valence-electron chi connectivity index (χ1n) is 11.9. The van der Waals surface area contributed by atoms with Crippen LogP contribution in [0.15, 0.2) is 18.2 Å². The van der Waals surface area contributed by atoms with Crippen molar-refractivity contribution in [2.45, 2.75) is 27.7 Å². The van der Waals surface area contributed by atoms with Crippen molar-refractivity contribution in [2.75, 3.05) is 56.3 Å². The summed E-state index contributed by atoms with van der Waals surface area (Å²) in [5, 5.41) is 8.12. The van der Waals surface area contributed by atoms with Gasteiger partial charge in [-0.05, 0) is 39.3 Å². The van der Waals surface area contributed by atoms with Crippen LogP contribution in [0.1, 0.15) is 25.1 Å². The Morgan fingerprint density at radius 1 is 1.06 bits per heavy atom. The number of rotatable bonds is 9. The number of nitrogens with zero attached hydrogens (tertiary/aromatic N) is 4. The molecule has 0 radical (unpaired) electrons. The molecule has 2 aromatic heterocycles. The molecule has 1 saturated heterocycles. The molecule has 0 bridgehead atoms. The van der Waals surface area contributed by atoms with Crippen LogP contribution in [-0.4, -0.2) is 66.8 Å². The number of fused-ring (bicyclic) bond motifs is 1. The molecule has 0 unspecified atom stereocenters. The molecule has 1 aliphatic heterocycles. The monoisotopic (exact) mass is 483 g/mol. The molecular weight excluding hydrogens is 450 g/mol. The van der Waals surface area contributed by atoms with Crippen LogP contribution in [-0.2, 0) is 16.6 Å². The van der Waals surface area contributed by atoms with E-state index in [0.29, 0.717) is 49.5 Å². The maximum Gasteiger partial charge on any atom is 0.262 e. The summed E-state index contributed by atoms with van der Waals surface area (Å²) in [4.78, 5) is 19.6. The summed E-state index contributed by atoms with van der Waals surface area (Å²) in [6.07, 6.45) is 0. The van der Waals surface area contributed by atoms with Gasteiger partial charge in [0, 0.05) is 38.0 Å². The lowest BCUT2D eigenvalue weighted by Crippen LogP contribution is -2.36. The Labute approximate surface area is 205 Å². The SMILES string of the molecule is CCOc1cc(N2CCOCC2)c(OCC)cc1NC(=O)COc1nn(C)c2nc(C)cc(C)c12. The highest BCUT2D eigenvalue weighted by molar-refractivity contribution is 5.95. The van der Waals surface area contributed by atoms with E-state index in [9.17, 15) is 4.79 Å². The minimum Gasteiger partial charge on any atom is -0.492 e. The highest BCUT2D eigenvalue weighted by Gasteiger charge is 2.21. The summed E-state index contributed by atoms with van der Waals surface area (Å²) in [5.41, 5.74) is 4.06. The lowest BCUT2D eigenvalue weighted by atomic mass is 10.2. The molecule has 4 rings (SSSR count). The second-order valence-electron chi connectivity index (χ2n) is 8.33. The first-order valence-corrected chi connectivity index (χ1v) is 11.9. The molecule has 0 saturated carbocycles. The summed E-state index contributed by atoms with van der Waals surface area (Å²) in [6.45, 7) is 11.3. The zero-order valence-electron chi connectivity index (χ0n) is 21.0. The van der Waals surface area contributed by atoms with E-state index in [2.05, 4.69) is 20.3 Å². The number of benzene rings is 1. The normalized spacial score (nSPS) is 13.7. The summed E-state index contributed by atoms with van der Waals surface area (Å²) >= 11 is 0. The fraction of sp³-hybridized carbons (Fsp3) is 0.480. The molecular formula is C25H33N5O5. The number of morpholine rings is 1. The van der Waals surface area contributed by atoms with Gasteiger partial charge in [-0.15, -0.1) is 5.10 Å². The van der Waals surface area contributed by atoms with Crippen molar-refractivity contribution in [1.82, 2.24) is 14.8 Å². The number of anilines is 2. The van der Waals surface area contributed by atoms with E-state index in [1.807, 2.05) is 45.9 Å². The molecule has 188 valence electrons. The molecule has 10 nitrogen and oxygen atoms in total. The second-order valence-corrected chi connectivity index (χ2v) is 8.33. The van der Waals surface area contributed by atoms with Gasteiger partial charge in [0.15, 0.2) is 12.3 Å². The molecule has 10 heteroatoms. The molecule has 1 fully saturated rings. The van der Waals surface area contributed by atoms with Crippen molar-refractivity contribution in [3.8, 4) is 17.4 Å². The highest BCUT2D eigenvalue weighted by atomic mass is 16.5.